The lowest BCUT2D eigenvalue weighted by Gasteiger charge is -2.10. The summed E-state index contributed by atoms with van der Waals surface area (Å²) in [6.45, 7) is 2.71. The number of fused-ring (bicyclic) bond motifs is 1. The highest BCUT2D eigenvalue weighted by molar-refractivity contribution is 5.90. The highest BCUT2D eigenvalue weighted by Crippen LogP contribution is 2.22. The second-order valence-corrected chi connectivity index (χ2v) is 4.99. The monoisotopic (exact) mass is 273 g/mol. The van der Waals surface area contributed by atoms with Gasteiger partial charge in [0.2, 0.25) is 0 Å². The maximum atomic E-state index is 8.81. The summed E-state index contributed by atoms with van der Waals surface area (Å²) in [6.07, 6.45) is 0. The molecular weight excluding hydrogens is 258 g/mol. The molecule has 0 unspecified atom stereocenters. The number of aromatic nitrogens is 1. The van der Waals surface area contributed by atoms with Gasteiger partial charge in [0.05, 0.1) is 22.8 Å². The standard InChI is InChI=1S/C18H15N3/c1-13-5-10-16-3-2-4-17(18(16)21-13)20-12-15-8-6-14(11-19)7-9-15/h2-10,20H,12H2,1H3. The molecule has 1 aromatic heterocycles. The predicted octanol–water partition coefficient (Wildman–Crippen LogP) is 4.03. The molecule has 3 rings (SSSR count). The van der Waals surface area contributed by atoms with Gasteiger partial charge in [0.15, 0.2) is 0 Å². The van der Waals surface area contributed by atoms with E-state index in [2.05, 4.69) is 28.5 Å². The van der Waals surface area contributed by atoms with Gasteiger partial charge >= 0.3 is 0 Å². The highest BCUT2D eigenvalue weighted by Gasteiger charge is 2.02. The molecule has 0 aliphatic rings. The van der Waals surface area contributed by atoms with Crippen molar-refractivity contribution in [3.8, 4) is 6.07 Å². The summed E-state index contributed by atoms with van der Waals surface area (Å²) in [4.78, 5) is 4.61. The lowest BCUT2D eigenvalue weighted by Crippen LogP contribution is -2.01. The van der Waals surface area contributed by atoms with Crippen molar-refractivity contribution in [1.82, 2.24) is 4.98 Å². The Morgan fingerprint density at radius 1 is 1.05 bits per heavy atom. The van der Waals surface area contributed by atoms with Crippen LogP contribution in [0.1, 0.15) is 16.8 Å². The van der Waals surface area contributed by atoms with Crippen molar-refractivity contribution >= 4 is 16.6 Å². The van der Waals surface area contributed by atoms with Crippen LogP contribution in [0.4, 0.5) is 5.69 Å². The predicted molar refractivity (Wildman–Crippen MR) is 85.0 cm³/mol. The number of anilines is 1. The molecule has 1 N–H and O–H groups in total. The topological polar surface area (TPSA) is 48.7 Å². The van der Waals surface area contributed by atoms with E-state index < -0.39 is 0 Å². The first-order valence-corrected chi connectivity index (χ1v) is 6.85. The largest absolute Gasteiger partial charge is 0.379 e. The molecule has 0 bridgehead atoms. The number of pyridine rings is 1. The van der Waals surface area contributed by atoms with Crippen molar-refractivity contribution in [3.63, 3.8) is 0 Å². The van der Waals surface area contributed by atoms with E-state index in [1.807, 2.05) is 49.4 Å². The fourth-order valence-electron chi connectivity index (χ4n) is 2.28. The Hall–Kier alpha value is -2.86. The number of aryl methyl sites for hydroxylation is 1. The van der Waals surface area contributed by atoms with E-state index in [4.69, 9.17) is 5.26 Å². The molecule has 3 nitrogen and oxygen atoms in total. The van der Waals surface area contributed by atoms with Crippen LogP contribution >= 0.6 is 0 Å². The number of hydrogen-bond donors (Lipinski definition) is 1. The van der Waals surface area contributed by atoms with Crippen molar-refractivity contribution in [2.45, 2.75) is 13.5 Å². The van der Waals surface area contributed by atoms with Gasteiger partial charge in [0.25, 0.3) is 0 Å². The van der Waals surface area contributed by atoms with Gasteiger partial charge in [-0.1, -0.05) is 30.3 Å². The zero-order chi connectivity index (χ0) is 14.7. The molecule has 3 aromatic rings. The number of nitrogens with one attached hydrogen (secondary N) is 1. The SMILES string of the molecule is Cc1ccc2cccc(NCc3ccc(C#N)cc3)c2n1. The number of rotatable bonds is 3. The second-order valence-electron chi connectivity index (χ2n) is 4.99. The first-order chi connectivity index (χ1) is 10.3. The van der Waals surface area contributed by atoms with E-state index in [0.717, 1.165) is 27.8 Å². The molecule has 0 atom stereocenters. The molecule has 1 heterocycles. The fourth-order valence-corrected chi connectivity index (χ4v) is 2.28. The van der Waals surface area contributed by atoms with E-state index in [1.165, 1.54) is 0 Å². The summed E-state index contributed by atoms with van der Waals surface area (Å²) in [5.74, 6) is 0. The van der Waals surface area contributed by atoms with Crippen molar-refractivity contribution in [3.05, 3.63) is 71.4 Å². The first kappa shape index (κ1) is 13.1. The maximum Gasteiger partial charge on any atom is 0.0991 e. The van der Waals surface area contributed by atoms with Gasteiger partial charge in [-0.2, -0.15) is 5.26 Å². The average molecular weight is 273 g/mol. The molecule has 0 saturated heterocycles. The van der Waals surface area contributed by atoms with Gasteiger partial charge in [-0.25, -0.2) is 0 Å². The van der Waals surface area contributed by atoms with Crippen LogP contribution in [0.25, 0.3) is 10.9 Å². The summed E-state index contributed by atoms with van der Waals surface area (Å²) < 4.78 is 0. The number of benzene rings is 2. The second kappa shape index (κ2) is 5.64. The van der Waals surface area contributed by atoms with Crippen LogP contribution in [0.5, 0.6) is 0 Å². The van der Waals surface area contributed by atoms with Crippen LogP contribution in [0.3, 0.4) is 0 Å². The molecule has 0 fully saturated rings. The van der Waals surface area contributed by atoms with E-state index in [-0.39, 0.29) is 0 Å². The lowest BCUT2D eigenvalue weighted by atomic mass is 10.1. The van der Waals surface area contributed by atoms with Gasteiger partial charge in [0.1, 0.15) is 0 Å². The fraction of sp³-hybridized carbons (Fsp3) is 0.111. The summed E-state index contributed by atoms with van der Waals surface area (Å²) in [6, 6.07) is 20.0. The summed E-state index contributed by atoms with van der Waals surface area (Å²) in [5.41, 5.74) is 4.85. The molecular formula is C18H15N3. The van der Waals surface area contributed by atoms with Crippen molar-refractivity contribution in [2.75, 3.05) is 5.32 Å². The van der Waals surface area contributed by atoms with E-state index in [0.29, 0.717) is 12.1 Å². The zero-order valence-corrected chi connectivity index (χ0v) is 11.8. The minimum Gasteiger partial charge on any atom is -0.379 e. The number of para-hydroxylation sites is 1. The molecule has 0 saturated carbocycles. The third-order valence-corrected chi connectivity index (χ3v) is 3.43. The van der Waals surface area contributed by atoms with Gasteiger partial charge in [0, 0.05) is 17.6 Å². The molecule has 0 aliphatic carbocycles. The number of hydrogen-bond acceptors (Lipinski definition) is 3. The summed E-state index contributed by atoms with van der Waals surface area (Å²) in [5, 5.41) is 13.4. The molecule has 21 heavy (non-hydrogen) atoms. The Morgan fingerprint density at radius 3 is 2.62 bits per heavy atom. The van der Waals surface area contributed by atoms with Gasteiger partial charge in [-0.05, 0) is 36.8 Å². The third-order valence-electron chi connectivity index (χ3n) is 3.43. The molecule has 0 spiro atoms. The van der Waals surface area contributed by atoms with E-state index in [1.54, 1.807) is 0 Å². The Labute approximate surface area is 123 Å². The Morgan fingerprint density at radius 2 is 1.86 bits per heavy atom. The average Bonchev–Trinajstić information content (AvgIpc) is 2.53. The molecule has 0 aliphatic heterocycles. The third kappa shape index (κ3) is 2.85. The van der Waals surface area contributed by atoms with Crippen LogP contribution in [-0.4, -0.2) is 4.98 Å². The molecule has 0 radical (unpaired) electrons. The van der Waals surface area contributed by atoms with Crippen molar-refractivity contribution in [2.24, 2.45) is 0 Å². The first-order valence-electron chi connectivity index (χ1n) is 6.85. The molecule has 3 heteroatoms. The summed E-state index contributed by atoms with van der Waals surface area (Å²) >= 11 is 0. The minimum absolute atomic E-state index is 0.682. The van der Waals surface area contributed by atoms with Crippen LogP contribution in [-0.2, 0) is 6.54 Å². The maximum absolute atomic E-state index is 8.81. The van der Waals surface area contributed by atoms with Crippen LogP contribution in [0.2, 0.25) is 0 Å². The summed E-state index contributed by atoms with van der Waals surface area (Å²) in [7, 11) is 0. The smallest absolute Gasteiger partial charge is 0.0991 e. The Bertz CT molecular complexity index is 814. The van der Waals surface area contributed by atoms with Gasteiger partial charge in [-0.3, -0.25) is 4.98 Å². The van der Waals surface area contributed by atoms with Gasteiger partial charge in [-0.15, -0.1) is 0 Å². The van der Waals surface area contributed by atoms with Crippen LogP contribution in [0.15, 0.2) is 54.6 Å². The zero-order valence-electron chi connectivity index (χ0n) is 11.8. The number of nitrogens with zero attached hydrogens (tertiary/aromatic N) is 2. The van der Waals surface area contributed by atoms with Crippen molar-refractivity contribution < 1.29 is 0 Å². The minimum atomic E-state index is 0.682. The molecule has 2 aromatic carbocycles. The quantitative estimate of drug-likeness (QED) is 0.783. The van der Waals surface area contributed by atoms with E-state index in [9.17, 15) is 0 Å². The van der Waals surface area contributed by atoms with Crippen molar-refractivity contribution in [1.29, 1.82) is 5.26 Å². The highest BCUT2D eigenvalue weighted by atomic mass is 14.9. The van der Waals surface area contributed by atoms with E-state index >= 15 is 0 Å². The molecule has 102 valence electrons. The Kier molecular flexibility index (Phi) is 3.53. The number of nitriles is 1. The lowest BCUT2D eigenvalue weighted by molar-refractivity contribution is 1.14. The Balaban J connectivity index is 1.84. The van der Waals surface area contributed by atoms with Crippen LogP contribution in [0, 0.1) is 18.3 Å². The van der Waals surface area contributed by atoms with Gasteiger partial charge < -0.3 is 5.32 Å². The molecule has 0 amide bonds. The van der Waals surface area contributed by atoms with Crippen LogP contribution < -0.4 is 5.32 Å². The normalized spacial score (nSPS) is 10.3.